The van der Waals surface area contributed by atoms with E-state index in [9.17, 15) is 9.90 Å². The van der Waals surface area contributed by atoms with Crippen molar-refractivity contribution in [3.8, 4) is 5.75 Å². The first-order valence-corrected chi connectivity index (χ1v) is 15.0. The second-order valence-corrected chi connectivity index (χ2v) is 12.2. The van der Waals surface area contributed by atoms with Gasteiger partial charge in [-0.25, -0.2) is 4.39 Å². The Morgan fingerprint density at radius 2 is 2.16 bits per heavy atom. The van der Waals surface area contributed by atoms with E-state index in [1.807, 2.05) is 41.3 Å². The average molecular weight is 545 g/mol. The first-order chi connectivity index (χ1) is 17.9. The van der Waals surface area contributed by atoms with Crippen molar-refractivity contribution in [3.63, 3.8) is 0 Å². The molecule has 0 bridgehead atoms. The summed E-state index contributed by atoms with van der Waals surface area (Å²) in [5, 5.41) is 12.2. The van der Waals surface area contributed by atoms with E-state index >= 15 is 4.39 Å². The molecule has 3 heterocycles. The maximum atomic E-state index is 15.5. The van der Waals surface area contributed by atoms with Crippen LogP contribution in [-0.4, -0.2) is 53.5 Å². The van der Waals surface area contributed by atoms with Gasteiger partial charge in [0.1, 0.15) is 11.9 Å². The van der Waals surface area contributed by atoms with E-state index in [0.717, 1.165) is 55.6 Å². The molecule has 1 unspecified atom stereocenters. The van der Waals surface area contributed by atoms with E-state index in [2.05, 4.69) is 28.3 Å². The van der Waals surface area contributed by atoms with Crippen LogP contribution in [0.1, 0.15) is 55.8 Å². The fourth-order valence-corrected chi connectivity index (χ4v) is 7.49. The summed E-state index contributed by atoms with van der Waals surface area (Å²) in [5.74, 6) is 1.67. The van der Waals surface area contributed by atoms with Gasteiger partial charge in [0.2, 0.25) is 0 Å². The largest absolute Gasteiger partial charge is 0.497 e. The minimum Gasteiger partial charge on any atom is -0.497 e. The van der Waals surface area contributed by atoms with Crippen molar-refractivity contribution in [2.45, 2.75) is 55.8 Å². The molecule has 5 nitrogen and oxygen atoms in total. The third kappa shape index (κ3) is 7.68. The molecule has 3 atom stereocenters. The standard InChI is InChI=1S/C29H37FN2O3S2/c1-20-12-17-37-29(20)36-16-3-14-32-15-11-21(22(19-32)5-9-28(33)34)4-7-26(30)24-10-13-31-27-8-6-23(35-2)18-25(24)27/h6,8,10,12-13,17-18,21-22,26H,3-5,7,9,11,14-16,19H2,1-2H3,(H,33,34)/t21-,22+,26?/m1/s1. The molecule has 0 spiro atoms. The van der Waals surface area contributed by atoms with Crippen molar-refractivity contribution in [1.82, 2.24) is 9.88 Å². The number of thiophene rings is 1. The molecule has 1 aliphatic heterocycles. The first-order valence-electron chi connectivity index (χ1n) is 13.1. The van der Waals surface area contributed by atoms with Crippen LogP contribution in [0.2, 0.25) is 0 Å². The van der Waals surface area contributed by atoms with Gasteiger partial charge in [-0.1, -0.05) is 0 Å². The summed E-state index contributed by atoms with van der Waals surface area (Å²) >= 11 is 3.74. The zero-order valence-electron chi connectivity index (χ0n) is 21.7. The van der Waals surface area contributed by atoms with Gasteiger partial charge in [0.05, 0.1) is 16.8 Å². The highest BCUT2D eigenvalue weighted by atomic mass is 32.2. The number of aliphatic carboxylic acids is 1. The van der Waals surface area contributed by atoms with Gasteiger partial charge in [0, 0.05) is 30.3 Å². The zero-order chi connectivity index (χ0) is 26.2. The number of likely N-dealkylation sites (tertiary alicyclic amines) is 1. The number of carboxylic acids is 1. The van der Waals surface area contributed by atoms with E-state index in [-0.39, 0.29) is 6.42 Å². The van der Waals surface area contributed by atoms with E-state index < -0.39 is 12.1 Å². The van der Waals surface area contributed by atoms with E-state index in [1.54, 1.807) is 19.4 Å². The Labute approximate surface area is 227 Å². The number of alkyl halides is 1. The number of ether oxygens (including phenoxy) is 1. The molecule has 1 N–H and O–H groups in total. The number of rotatable bonds is 13. The molecule has 3 aromatic rings. The number of thioether (sulfide) groups is 1. The number of carbonyl (C=O) groups is 1. The number of piperidine rings is 1. The van der Waals surface area contributed by atoms with Crippen molar-refractivity contribution in [1.29, 1.82) is 0 Å². The molecule has 1 aromatic carbocycles. The predicted molar refractivity (Wildman–Crippen MR) is 151 cm³/mol. The van der Waals surface area contributed by atoms with Crippen molar-refractivity contribution in [2.75, 3.05) is 32.5 Å². The van der Waals surface area contributed by atoms with Gasteiger partial charge in [0.25, 0.3) is 0 Å². The molecular formula is C29H37FN2O3S2. The molecule has 1 aliphatic rings. The number of hydrogen-bond donors (Lipinski definition) is 1. The number of nitrogens with zero attached hydrogens (tertiary/aromatic N) is 2. The number of halogens is 1. The number of methoxy groups -OCH3 is 1. The van der Waals surface area contributed by atoms with Crippen LogP contribution in [0.25, 0.3) is 10.9 Å². The smallest absolute Gasteiger partial charge is 0.303 e. The number of benzene rings is 1. The van der Waals surface area contributed by atoms with Gasteiger partial charge in [-0.05, 0) is 111 Å². The summed E-state index contributed by atoms with van der Waals surface area (Å²) in [6, 6.07) is 9.50. The van der Waals surface area contributed by atoms with Gasteiger partial charge in [0.15, 0.2) is 0 Å². The molecule has 0 radical (unpaired) electrons. The van der Waals surface area contributed by atoms with Crippen molar-refractivity contribution < 1.29 is 19.0 Å². The number of carboxylic acid groups (broad SMARTS) is 1. The topological polar surface area (TPSA) is 62.7 Å². The summed E-state index contributed by atoms with van der Waals surface area (Å²) in [5.41, 5.74) is 2.78. The second kappa shape index (κ2) is 13.6. The lowest BCUT2D eigenvalue weighted by atomic mass is 9.79. The van der Waals surface area contributed by atoms with Crippen molar-refractivity contribution in [3.05, 3.63) is 53.0 Å². The Bertz CT molecular complexity index is 1170. The number of pyridine rings is 1. The number of hydrogen-bond acceptors (Lipinski definition) is 6. The van der Waals surface area contributed by atoms with Crippen LogP contribution in [0.15, 0.2) is 46.1 Å². The highest BCUT2D eigenvalue weighted by Crippen LogP contribution is 2.37. The molecule has 4 rings (SSSR count). The van der Waals surface area contributed by atoms with Crippen LogP contribution < -0.4 is 4.74 Å². The minimum atomic E-state index is -1.09. The lowest BCUT2D eigenvalue weighted by Gasteiger charge is -2.39. The number of fused-ring (bicyclic) bond motifs is 1. The van der Waals surface area contributed by atoms with Crippen LogP contribution >= 0.6 is 23.1 Å². The molecule has 37 heavy (non-hydrogen) atoms. The Kier molecular flexibility index (Phi) is 10.2. The van der Waals surface area contributed by atoms with Gasteiger partial charge in [-0.15, -0.1) is 23.1 Å². The predicted octanol–water partition coefficient (Wildman–Crippen LogP) is 7.39. The number of aryl methyl sites for hydroxylation is 1. The van der Waals surface area contributed by atoms with Crippen LogP contribution in [-0.2, 0) is 4.79 Å². The lowest BCUT2D eigenvalue weighted by molar-refractivity contribution is -0.137. The fraction of sp³-hybridized carbons (Fsp3) is 0.517. The molecule has 8 heteroatoms. The molecular weight excluding hydrogens is 507 g/mol. The van der Waals surface area contributed by atoms with Crippen LogP contribution in [0.5, 0.6) is 5.75 Å². The first kappa shape index (κ1) is 27.9. The number of aromatic nitrogens is 1. The van der Waals surface area contributed by atoms with Crippen LogP contribution in [0.3, 0.4) is 0 Å². The monoisotopic (exact) mass is 544 g/mol. The lowest BCUT2D eigenvalue weighted by Crippen LogP contribution is -2.41. The SMILES string of the molecule is COc1ccc2nccc(C(F)CC[C@@H]3CCN(CCCSc4sccc4C)C[C@@H]3CCC(=O)O)c2c1. The van der Waals surface area contributed by atoms with Gasteiger partial charge < -0.3 is 14.7 Å². The van der Waals surface area contributed by atoms with Crippen LogP contribution in [0, 0.1) is 18.8 Å². The normalized spacial score (nSPS) is 19.2. The third-order valence-corrected chi connectivity index (χ3v) is 10.0. The molecule has 200 valence electrons. The zero-order valence-corrected chi connectivity index (χ0v) is 23.3. The molecule has 0 amide bonds. The van der Waals surface area contributed by atoms with Crippen molar-refractivity contribution >= 4 is 40.0 Å². The minimum absolute atomic E-state index is 0.177. The highest BCUT2D eigenvalue weighted by molar-refractivity contribution is 8.01. The second-order valence-electron chi connectivity index (χ2n) is 9.96. The molecule has 1 saturated heterocycles. The quantitative estimate of drug-likeness (QED) is 0.179. The van der Waals surface area contributed by atoms with E-state index in [4.69, 9.17) is 4.74 Å². The molecule has 0 aliphatic carbocycles. The van der Waals surface area contributed by atoms with Gasteiger partial charge in [-0.2, -0.15) is 0 Å². The maximum Gasteiger partial charge on any atom is 0.303 e. The maximum absolute atomic E-state index is 15.5. The Morgan fingerprint density at radius 3 is 2.92 bits per heavy atom. The van der Waals surface area contributed by atoms with E-state index in [1.165, 1.54) is 9.77 Å². The fourth-order valence-electron chi connectivity index (χ4n) is 5.40. The molecule has 2 aromatic heterocycles. The van der Waals surface area contributed by atoms with Crippen molar-refractivity contribution in [2.24, 2.45) is 11.8 Å². The Hall–Kier alpha value is -2.16. The summed E-state index contributed by atoms with van der Waals surface area (Å²) < 4.78 is 22.3. The van der Waals surface area contributed by atoms with E-state index in [0.29, 0.717) is 36.0 Å². The summed E-state index contributed by atoms with van der Waals surface area (Å²) in [7, 11) is 1.61. The van der Waals surface area contributed by atoms with Crippen LogP contribution in [0.4, 0.5) is 4.39 Å². The third-order valence-electron chi connectivity index (χ3n) is 7.48. The molecule has 0 saturated carbocycles. The summed E-state index contributed by atoms with van der Waals surface area (Å²) in [4.78, 5) is 18.2. The Balaban J connectivity index is 1.32. The highest BCUT2D eigenvalue weighted by Gasteiger charge is 2.30. The van der Waals surface area contributed by atoms with Gasteiger partial charge >= 0.3 is 5.97 Å². The Morgan fingerprint density at radius 1 is 1.30 bits per heavy atom. The van der Waals surface area contributed by atoms with Gasteiger partial charge in [-0.3, -0.25) is 9.78 Å². The summed E-state index contributed by atoms with van der Waals surface area (Å²) in [6.07, 6.45) is 4.73. The molecule has 1 fully saturated rings. The average Bonchev–Trinajstić information content (AvgIpc) is 3.32. The summed E-state index contributed by atoms with van der Waals surface area (Å²) in [6.45, 7) is 5.10.